The minimum atomic E-state index is 0.212. The molecular weight excluding hydrogens is 224 g/mol. The average Bonchev–Trinajstić information content (AvgIpc) is 2.64. The number of aryl methyl sites for hydroxylation is 1. The summed E-state index contributed by atoms with van der Waals surface area (Å²) in [6, 6.07) is 0.267. The highest BCUT2D eigenvalue weighted by molar-refractivity contribution is 7.71. The first-order valence-electron chi connectivity index (χ1n) is 5.53. The third-order valence-electron chi connectivity index (χ3n) is 3.06. The van der Waals surface area contributed by atoms with Crippen LogP contribution in [0.5, 0.6) is 0 Å². The number of nitrogens with zero attached hydrogens (tertiary/aromatic N) is 3. The molecule has 0 saturated carbocycles. The van der Waals surface area contributed by atoms with Crippen LogP contribution >= 0.6 is 12.2 Å². The van der Waals surface area contributed by atoms with Crippen molar-refractivity contribution in [2.45, 2.75) is 32.2 Å². The first-order chi connectivity index (χ1) is 7.63. The van der Waals surface area contributed by atoms with E-state index in [0.29, 0.717) is 11.2 Å². The van der Waals surface area contributed by atoms with Gasteiger partial charge in [0.1, 0.15) is 5.82 Å². The molecule has 5 nitrogen and oxygen atoms in total. The molecule has 1 saturated heterocycles. The largest absolute Gasteiger partial charge is 0.344 e. The van der Waals surface area contributed by atoms with E-state index in [9.17, 15) is 4.79 Å². The molecule has 1 atom stereocenters. The van der Waals surface area contributed by atoms with Gasteiger partial charge in [-0.05, 0) is 18.6 Å². The molecule has 0 bridgehead atoms. The van der Waals surface area contributed by atoms with Crippen LogP contribution in [0.1, 0.15) is 31.6 Å². The Labute approximate surface area is 99.5 Å². The molecule has 16 heavy (non-hydrogen) atoms. The summed E-state index contributed by atoms with van der Waals surface area (Å²) < 4.78 is 2.71. The third-order valence-corrected chi connectivity index (χ3v) is 3.35. The molecule has 0 aromatic carbocycles. The van der Waals surface area contributed by atoms with Crippen LogP contribution < -0.4 is 0 Å². The van der Waals surface area contributed by atoms with E-state index >= 15 is 0 Å². The van der Waals surface area contributed by atoms with Crippen LogP contribution in [0, 0.1) is 4.77 Å². The summed E-state index contributed by atoms with van der Waals surface area (Å²) in [4.78, 5) is 13.2. The second-order valence-corrected chi connectivity index (χ2v) is 4.52. The van der Waals surface area contributed by atoms with Crippen molar-refractivity contribution in [2.24, 2.45) is 0 Å². The second-order valence-electron chi connectivity index (χ2n) is 4.14. The molecule has 1 N–H and O–H groups in total. The maximum atomic E-state index is 11.4. The molecule has 1 aromatic heterocycles. The Kier molecular flexibility index (Phi) is 3.09. The number of nitrogens with one attached hydrogen (secondary N) is 1. The molecule has 2 rings (SSSR count). The van der Waals surface area contributed by atoms with E-state index in [0.717, 1.165) is 25.2 Å². The first-order valence-corrected chi connectivity index (χ1v) is 5.94. The second kappa shape index (κ2) is 4.37. The molecule has 1 aromatic rings. The van der Waals surface area contributed by atoms with Crippen molar-refractivity contribution in [3.8, 4) is 0 Å². The summed E-state index contributed by atoms with van der Waals surface area (Å²) in [7, 11) is 1.84. The molecule has 2 heterocycles. The highest BCUT2D eigenvalue weighted by Gasteiger charge is 2.25. The monoisotopic (exact) mass is 240 g/mol. The zero-order valence-electron chi connectivity index (χ0n) is 9.56. The summed E-state index contributed by atoms with van der Waals surface area (Å²) in [6.45, 7) is 2.78. The van der Waals surface area contributed by atoms with Crippen LogP contribution in [0.25, 0.3) is 0 Å². The van der Waals surface area contributed by atoms with Crippen LogP contribution in [0.2, 0.25) is 0 Å². The van der Waals surface area contributed by atoms with Crippen LogP contribution in [0.3, 0.4) is 0 Å². The van der Waals surface area contributed by atoms with E-state index in [-0.39, 0.29) is 11.9 Å². The fourth-order valence-electron chi connectivity index (χ4n) is 2.16. The highest BCUT2D eigenvalue weighted by Crippen LogP contribution is 2.22. The molecule has 0 spiro atoms. The van der Waals surface area contributed by atoms with Gasteiger partial charge in [-0.15, -0.1) is 0 Å². The number of aromatic nitrogens is 3. The van der Waals surface area contributed by atoms with Gasteiger partial charge in [0.2, 0.25) is 5.91 Å². The maximum Gasteiger partial charge on any atom is 0.222 e. The number of likely N-dealkylation sites (tertiary alicyclic amines) is 1. The van der Waals surface area contributed by atoms with Crippen LogP contribution in [-0.2, 0) is 11.2 Å². The van der Waals surface area contributed by atoms with Gasteiger partial charge in [-0.3, -0.25) is 14.5 Å². The smallest absolute Gasteiger partial charge is 0.222 e. The number of H-pyrrole nitrogens is 1. The zero-order chi connectivity index (χ0) is 11.7. The minimum absolute atomic E-state index is 0.212. The lowest BCUT2D eigenvalue weighted by molar-refractivity contribution is -0.132. The van der Waals surface area contributed by atoms with Crippen LogP contribution in [-0.4, -0.2) is 39.2 Å². The number of hydrogen-bond acceptors (Lipinski definition) is 3. The van der Waals surface area contributed by atoms with E-state index in [4.69, 9.17) is 12.2 Å². The topological polar surface area (TPSA) is 53.9 Å². The molecule has 1 unspecified atom stereocenters. The first kappa shape index (κ1) is 11.3. The number of hydrogen-bond donors (Lipinski definition) is 1. The molecule has 88 valence electrons. The lowest BCUT2D eigenvalue weighted by Crippen LogP contribution is -2.38. The summed E-state index contributed by atoms with van der Waals surface area (Å²) in [5.74, 6) is 1.18. The Hall–Kier alpha value is -1.17. The summed E-state index contributed by atoms with van der Waals surface area (Å²) >= 11 is 5.23. The Morgan fingerprint density at radius 2 is 2.38 bits per heavy atom. The van der Waals surface area contributed by atoms with Crippen molar-refractivity contribution in [3.63, 3.8) is 0 Å². The maximum absolute atomic E-state index is 11.4. The molecule has 1 aliphatic heterocycles. The summed E-state index contributed by atoms with van der Waals surface area (Å²) in [5.41, 5.74) is 0. The lowest BCUT2D eigenvalue weighted by Gasteiger charge is -2.30. The van der Waals surface area contributed by atoms with Crippen molar-refractivity contribution >= 4 is 18.1 Å². The van der Waals surface area contributed by atoms with Gasteiger partial charge < -0.3 is 4.90 Å². The molecule has 6 heteroatoms. The van der Waals surface area contributed by atoms with Gasteiger partial charge in [-0.2, -0.15) is 5.10 Å². The Morgan fingerprint density at radius 3 is 3.00 bits per heavy atom. The number of amides is 1. The summed E-state index contributed by atoms with van der Waals surface area (Å²) in [5, 5.41) is 7.02. The molecular formula is C10H16N4OS. The van der Waals surface area contributed by atoms with E-state index in [2.05, 4.69) is 21.7 Å². The SMILES string of the molecule is CCc1n[nH]c(=S)n1C1CCC(=O)N(C)C1. The average molecular weight is 240 g/mol. The number of carbonyl (C=O) groups is 1. The van der Waals surface area contributed by atoms with E-state index in [1.54, 1.807) is 4.90 Å². The Morgan fingerprint density at radius 1 is 1.62 bits per heavy atom. The number of likely N-dealkylation sites (N-methyl/N-ethyl adjacent to an activating group) is 1. The Balaban J connectivity index is 2.27. The van der Waals surface area contributed by atoms with Gasteiger partial charge >= 0.3 is 0 Å². The van der Waals surface area contributed by atoms with Gasteiger partial charge in [-0.25, -0.2) is 0 Å². The third kappa shape index (κ3) is 1.89. The molecule has 0 radical (unpaired) electrons. The van der Waals surface area contributed by atoms with E-state index in [1.807, 2.05) is 7.05 Å². The van der Waals surface area contributed by atoms with Crippen molar-refractivity contribution in [2.75, 3.05) is 13.6 Å². The normalized spacial score (nSPS) is 21.5. The van der Waals surface area contributed by atoms with Crippen LogP contribution in [0.15, 0.2) is 0 Å². The summed E-state index contributed by atoms with van der Waals surface area (Å²) in [6.07, 6.45) is 2.29. The predicted molar refractivity (Wildman–Crippen MR) is 62.7 cm³/mol. The number of piperidine rings is 1. The van der Waals surface area contributed by atoms with Crippen molar-refractivity contribution in [3.05, 3.63) is 10.6 Å². The van der Waals surface area contributed by atoms with E-state index < -0.39 is 0 Å². The van der Waals surface area contributed by atoms with Crippen molar-refractivity contribution < 1.29 is 4.79 Å². The van der Waals surface area contributed by atoms with Crippen molar-refractivity contribution in [1.29, 1.82) is 0 Å². The van der Waals surface area contributed by atoms with E-state index in [1.165, 1.54) is 0 Å². The molecule has 0 aliphatic carbocycles. The van der Waals surface area contributed by atoms with Gasteiger partial charge in [0.25, 0.3) is 0 Å². The quantitative estimate of drug-likeness (QED) is 0.793. The van der Waals surface area contributed by atoms with Crippen LogP contribution in [0.4, 0.5) is 0 Å². The number of carbonyl (C=O) groups excluding carboxylic acids is 1. The fourth-order valence-corrected chi connectivity index (χ4v) is 2.46. The standard InChI is InChI=1S/C10H16N4OS/c1-3-8-11-12-10(16)14(8)7-4-5-9(15)13(2)6-7/h7H,3-6H2,1-2H3,(H,12,16). The zero-order valence-corrected chi connectivity index (χ0v) is 10.4. The van der Waals surface area contributed by atoms with Gasteiger partial charge in [-0.1, -0.05) is 6.92 Å². The minimum Gasteiger partial charge on any atom is -0.344 e. The van der Waals surface area contributed by atoms with Gasteiger partial charge in [0, 0.05) is 26.4 Å². The number of aromatic amines is 1. The Bertz CT molecular complexity index is 450. The van der Waals surface area contributed by atoms with Crippen molar-refractivity contribution in [1.82, 2.24) is 19.7 Å². The fraction of sp³-hybridized carbons (Fsp3) is 0.700. The predicted octanol–water partition coefficient (Wildman–Crippen LogP) is 1.30. The van der Waals surface area contributed by atoms with Gasteiger partial charge in [0.15, 0.2) is 4.77 Å². The highest BCUT2D eigenvalue weighted by atomic mass is 32.1. The number of rotatable bonds is 2. The molecule has 1 fully saturated rings. The molecule has 1 aliphatic rings. The molecule has 1 amide bonds. The van der Waals surface area contributed by atoms with Gasteiger partial charge in [0.05, 0.1) is 6.04 Å². The lowest BCUT2D eigenvalue weighted by atomic mass is 10.1.